The molecule has 2 N–H and O–H groups in total. The highest BCUT2D eigenvalue weighted by Gasteiger charge is 2.41. The number of alkyl halides is 3. The van der Waals surface area contributed by atoms with E-state index in [9.17, 15) is 26.4 Å². The predicted octanol–water partition coefficient (Wildman–Crippen LogP) is 5.05. The van der Waals surface area contributed by atoms with Gasteiger partial charge < -0.3 is 20.3 Å². The molecule has 9 nitrogen and oxygen atoms in total. The van der Waals surface area contributed by atoms with Gasteiger partial charge in [0.05, 0.1) is 41.3 Å². The molecule has 2 aliphatic rings. The summed E-state index contributed by atoms with van der Waals surface area (Å²) in [5.41, 5.74) is -1.86. The first-order chi connectivity index (χ1) is 20.4. The summed E-state index contributed by atoms with van der Waals surface area (Å²) in [5, 5.41) is 6.54. The van der Waals surface area contributed by atoms with Crippen LogP contribution >= 0.6 is 0 Å². The van der Waals surface area contributed by atoms with Crippen LogP contribution in [-0.2, 0) is 26.6 Å². The first-order valence-electron chi connectivity index (χ1n) is 14.0. The Labute approximate surface area is 249 Å². The molecule has 1 saturated carbocycles. The number of hydrogen-bond acceptors (Lipinski definition) is 7. The van der Waals surface area contributed by atoms with Gasteiger partial charge in [0.25, 0.3) is 0 Å². The molecule has 2 heterocycles. The van der Waals surface area contributed by atoms with Gasteiger partial charge in [-0.05, 0) is 69.0 Å². The van der Waals surface area contributed by atoms with Crippen LogP contribution in [0.25, 0.3) is 11.4 Å². The number of aromatic nitrogens is 2. The highest BCUT2D eigenvalue weighted by Crippen LogP contribution is 2.41. The predicted molar refractivity (Wildman–Crippen MR) is 158 cm³/mol. The fraction of sp³-hybridized carbons (Fsp3) is 0.400. The van der Waals surface area contributed by atoms with E-state index in [4.69, 9.17) is 9.72 Å². The number of halogens is 3. The fourth-order valence-corrected chi connectivity index (χ4v) is 5.92. The largest absolute Gasteiger partial charge is 0.416 e. The second-order valence-corrected chi connectivity index (χ2v) is 11.7. The SMILES string of the molecule is C[C@H]1COCCN1c1cc(C(C)(C=S(=O)=O)c2ccccc2C(F)(F)F)nc(-c2ccc(NC(=O)NC3CCC3)cc2)n1. The van der Waals surface area contributed by atoms with Crippen molar-refractivity contribution in [2.45, 2.75) is 56.8 Å². The van der Waals surface area contributed by atoms with Crippen LogP contribution in [-0.4, -0.2) is 61.6 Å². The molecule has 1 unspecified atom stereocenters. The third kappa shape index (κ3) is 6.83. The Balaban J connectivity index is 1.61. The molecule has 2 fully saturated rings. The van der Waals surface area contributed by atoms with Crippen LogP contribution in [0.15, 0.2) is 54.6 Å². The number of carbonyl (C=O) groups is 1. The zero-order valence-electron chi connectivity index (χ0n) is 23.7. The van der Waals surface area contributed by atoms with Crippen LogP contribution in [0.3, 0.4) is 0 Å². The summed E-state index contributed by atoms with van der Waals surface area (Å²) in [6, 6.07) is 12.9. The summed E-state index contributed by atoms with van der Waals surface area (Å²) in [6.45, 7) is 4.66. The molecule has 0 radical (unpaired) electrons. The van der Waals surface area contributed by atoms with Crippen molar-refractivity contribution >= 4 is 33.2 Å². The van der Waals surface area contributed by atoms with E-state index in [0.717, 1.165) is 30.7 Å². The zero-order valence-corrected chi connectivity index (χ0v) is 24.5. The number of hydrogen-bond donors (Lipinski definition) is 2. The minimum atomic E-state index is -4.73. The lowest BCUT2D eigenvalue weighted by Gasteiger charge is -2.35. The van der Waals surface area contributed by atoms with Crippen LogP contribution in [0.1, 0.15) is 49.9 Å². The Hall–Kier alpha value is -3.97. The molecule has 0 bridgehead atoms. The summed E-state index contributed by atoms with van der Waals surface area (Å²) < 4.78 is 72.2. The molecule has 5 rings (SSSR count). The average Bonchev–Trinajstić information content (AvgIpc) is 2.94. The van der Waals surface area contributed by atoms with Gasteiger partial charge in [-0.25, -0.2) is 14.8 Å². The van der Waals surface area contributed by atoms with Gasteiger partial charge in [0.1, 0.15) is 5.82 Å². The summed E-state index contributed by atoms with van der Waals surface area (Å²) >= 11 is 0. The van der Waals surface area contributed by atoms with E-state index in [-0.39, 0.29) is 35.2 Å². The van der Waals surface area contributed by atoms with E-state index in [1.807, 2.05) is 11.8 Å². The number of ether oxygens (including phenoxy) is 1. The molecule has 1 aliphatic carbocycles. The van der Waals surface area contributed by atoms with E-state index in [0.29, 0.717) is 36.8 Å². The molecular formula is C30H32F3N5O4S. The second kappa shape index (κ2) is 12.3. The Morgan fingerprint density at radius 1 is 1.07 bits per heavy atom. The molecule has 0 spiro atoms. The Morgan fingerprint density at radius 2 is 1.77 bits per heavy atom. The van der Waals surface area contributed by atoms with E-state index in [1.165, 1.54) is 25.1 Å². The molecular weight excluding hydrogens is 583 g/mol. The van der Waals surface area contributed by atoms with Crippen LogP contribution in [0.2, 0.25) is 0 Å². The number of nitrogens with zero attached hydrogens (tertiary/aromatic N) is 3. The molecule has 3 aromatic rings. The van der Waals surface area contributed by atoms with Gasteiger partial charge in [-0.2, -0.15) is 21.6 Å². The number of morpholine rings is 1. The van der Waals surface area contributed by atoms with Gasteiger partial charge in [0.2, 0.25) is 10.3 Å². The van der Waals surface area contributed by atoms with E-state index in [2.05, 4.69) is 15.6 Å². The van der Waals surface area contributed by atoms with Gasteiger partial charge in [-0.3, -0.25) is 0 Å². The van der Waals surface area contributed by atoms with Gasteiger partial charge in [-0.15, -0.1) is 0 Å². The number of carbonyl (C=O) groups excluding carboxylic acids is 1. The van der Waals surface area contributed by atoms with Crippen molar-refractivity contribution in [1.29, 1.82) is 0 Å². The van der Waals surface area contributed by atoms with Crippen molar-refractivity contribution in [2.75, 3.05) is 30.0 Å². The van der Waals surface area contributed by atoms with Crippen LogP contribution in [0.5, 0.6) is 0 Å². The van der Waals surface area contributed by atoms with Crippen molar-refractivity contribution in [1.82, 2.24) is 15.3 Å². The molecule has 43 heavy (non-hydrogen) atoms. The lowest BCUT2D eigenvalue weighted by Crippen LogP contribution is -2.44. The topological polar surface area (TPSA) is 114 Å². The maximum absolute atomic E-state index is 14.2. The monoisotopic (exact) mass is 615 g/mol. The Kier molecular flexibility index (Phi) is 8.74. The number of anilines is 2. The Bertz CT molecular complexity index is 1620. The van der Waals surface area contributed by atoms with Gasteiger partial charge in [-0.1, -0.05) is 18.2 Å². The van der Waals surface area contributed by atoms with Crippen molar-refractivity contribution in [3.63, 3.8) is 0 Å². The minimum Gasteiger partial charge on any atom is -0.377 e. The second-order valence-electron chi connectivity index (χ2n) is 11.0. The summed E-state index contributed by atoms with van der Waals surface area (Å²) in [7, 11) is -2.83. The van der Waals surface area contributed by atoms with Crippen molar-refractivity contribution in [3.05, 3.63) is 71.4 Å². The van der Waals surface area contributed by atoms with E-state index >= 15 is 0 Å². The average molecular weight is 616 g/mol. The highest BCUT2D eigenvalue weighted by atomic mass is 32.2. The summed E-state index contributed by atoms with van der Waals surface area (Å²) in [4.78, 5) is 23.7. The molecule has 2 atom stereocenters. The van der Waals surface area contributed by atoms with Crippen LogP contribution < -0.4 is 15.5 Å². The molecule has 13 heteroatoms. The number of rotatable bonds is 7. The maximum Gasteiger partial charge on any atom is 0.416 e. The van der Waals surface area contributed by atoms with Crippen molar-refractivity contribution < 1.29 is 31.1 Å². The number of nitrogens with one attached hydrogen (secondary N) is 2. The molecule has 228 valence electrons. The van der Waals surface area contributed by atoms with E-state index in [1.54, 1.807) is 30.3 Å². The summed E-state index contributed by atoms with van der Waals surface area (Å²) in [5.74, 6) is 0.621. The first-order valence-corrected chi connectivity index (χ1v) is 15.1. The number of amides is 2. The van der Waals surface area contributed by atoms with Crippen molar-refractivity contribution in [2.24, 2.45) is 0 Å². The van der Waals surface area contributed by atoms with Crippen LogP contribution in [0.4, 0.5) is 29.5 Å². The smallest absolute Gasteiger partial charge is 0.377 e. The van der Waals surface area contributed by atoms with Gasteiger partial charge >= 0.3 is 12.2 Å². The standard InChI is InChI=1S/C30H32F3N5O4S/c1-19-17-42-15-14-38(19)26-16-25(29(2,18-43(40)41)23-8-3-4-9-24(23)30(31,32)33)36-27(37-26)20-10-12-22(13-11-20)35-28(39)34-21-6-5-7-21/h3-4,8-13,16,18-19,21H,5-7,14-15,17H2,1-2H3,(H2,34,35,39)/t19-,29?/m0/s1. The minimum absolute atomic E-state index is 0.0779. The molecule has 2 aromatic carbocycles. The normalized spacial score (nSPS) is 18.7. The Morgan fingerprint density at radius 3 is 2.37 bits per heavy atom. The zero-order chi connectivity index (χ0) is 30.8. The molecule has 1 aromatic heterocycles. The van der Waals surface area contributed by atoms with Crippen LogP contribution in [0, 0.1) is 0 Å². The lowest BCUT2D eigenvalue weighted by molar-refractivity contribution is -0.138. The summed E-state index contributed by atoms with van der Waals surface area (Å²) in [6.07, 6.45) is -1.74. The number of urea groups is 1. The number of benzene rings is 2. The first kappa shape index (κ1) is 30.5. The van der Waals surface area contributed by atoms with Crippen molar-refractivity contribution in [3.8, 4) is 11.4 Å². The third-order valence-corrected chi connectivity index (χ3v) is 8.54. The highest BCUT2D eigenvalue weighted by molar-refractivity contribution is 7.71. The van der Waals surface area contributed by atoms with Gasteiger partial charge in [0, 0.05) is 29.9 Å². The molecule has 1 saturated heterocycles. The van der Waals surface area contributed by atoms with Gasteiger partial charge in [0.15, 0.2) is 5.82 Å². The third-order valence-electron chi connectivity index (χ3n) is 7.87. The molecule has 1 aliphatic heterocycles. The quantitative estimate of drug-likeness (QED) is 0.358. The fourth-order valence-electron chi connectivity index (χ4n) is 5.29. The lowest BCUT2D eigenvalue weighted by atomic mass is 9.78. The maximum atomic E-state index is 14.2. The molecule has 2 amide bonds. The van der Waals surface area contributed by atoms with E-state index < -0.39 is 27.4 Å².